The largest absolute Gasteiger partial charge is 0.416 e. The Morgan fingerprint density at radius 3 is 0.667 bits per heavy atom. The molecular weight excluding hydrogens is 1420 g/mol. The minimum atomic E-state index is -5.47. The van der Waals surface area contributed by atoms with Crippen molar-refractivity contribution in [3.05, 3.63) is 237 Å². The van der Waals surface area contributed by atoms with Gasteiger partial charge in [0.15, 0.2) is 0 Å². The van der Waals surface area contributed by atoms with E-state index in [0.29, 0.717) is 18.2 Å². The van der Waals surface area contributed by atoms with Crippen molar-refractivity contribution in [2.24, 2.45) is 0 Å². The predicted octanol–water partition coefficient (Wildman–Crippen LogP) is 25.1. The highest BCUT2D eigenvalue weighted by Crippen LogP contribution is 2.51. The molecule has 12 aromatic rings. The molecule has 0 atom stereocenters. The normalized spacial score (nSPS) is 13.2. The number of nitriles is 2. The molecule has 0 amide bonds. The zero-order chi connectivity index (χ0) is 74.5. The molecule has 522 valence electrons. The molecule has 0 N–H and O–H groups in total. The third-order valence-electron chi connectivity index (χ3n) is 16.7. The van der Waals surface area contributed by atoms with Gasteiger partial charge in [-0.25, -0.2) is 0 Å². The van der Waals surface area contributed by atoms with Crippen LogP contribution >= 0.6 is 0 Å². The second kappa shape index (κ2) is 23.8. The van der Waals surface area contributed by atoms with Gasteiger partial charge in [0.25, 0.3) is 0 Å². The summed E-state index contributed by atoms with van der Waals surface area (Å²) in [4.78, 5) is 0. The standard InChI is InChI=1S/C71H29F27N4/c72-63(73,74)42-6-1-37(31-100)51(29-42)62-60(101-56-7-2-33(38-13-43(64(75,76)77)25-44(14-38)65(78,79)80)21-52(56)53-22-34(3-8-57(53)101)39-15-45(66(81,82)83)26-46(16-39)67(84,85)86)11-32(30-99)12-61(62)102-58-9-4-35(40-17-47(68(87,88)89)27-48(18-40)69(90,91)92)23-54(58)55-24-36(5-10-59(55)102)41-19-49(70(93,94)95)28-50(20-41)71(96,97)98/h1-29H. The number of halogens is 27. The fourth-order valence-corrected chi connectivity index (χ4v) is 12.1. The van der Waals surface area contributed by atoms with E-state index < -0.39 is 184 Å². The van der Waals surface area contributed by atoms with E-state index in [1.807, 2.05) is 6.07 Å². The fourth-order valence-electron chi connectivity index (χ4n) is 12.1. The maximum Gasteiger partial charge on any atom is 0.416 e. The van der Waals surface area contributed by atoms with Gasteiger partial charge in [0.05, 0.1) is 107 Å². The minimum absolute atomic E-state index is 0.225. The molecule has 4 nitrogen and oxygen atoms in total. The van der Waals surface area contributed by atoms with E-state index in [2.05, 4.69) is 0 Å². The van der Waals surface area contributed by atoms with E-state index in [-0.39, 0.29) is 116 Å². The van der Waals surface area contributed by atoms with Gasteiger partial charge in [-0.05, 0) is 196 Å². The van der Waals surface area contributed by atoms with Crippen LogP contribution in [0.25, 0.3) is 111 Å². The lowest BCUT2D eigenvalue weighted by atomic mass is 9.93. The van der Waals surface area contributed by atoms with Crippen molar-refractivity contribution >= 4 is 43.6 Å². The molecule has 10 aromatic carbocycles. The number of rotatable bonds is 7. The topological polar surface area (TPSA) is 57.4 Å². The number of aromatic nitrogens is 2. The Balaban J connectivity index is 1.25. The summed E-state index contributed by atoms with van der Waals surface area (Å²) in [5, 5.41) is 20.4. The first-order valence-corrected chi connectivity index (χ1v) is 28.7. The summed E-state index contributed by atoms with van der Waals surface area (Å²) in [6.45, 7) is 0. The van der Waals surface area contributed by atoms with Gasteiger partial charge >= 0.3 is 55.6 Å². The molecule has 102 heavy (non-hydrogen) atoms. The molecule has 0 fully saturated rings. The van der Waals surface area contributed by atoms with Crippen LogP contribution in [0.2, 0.25) is 0 Å². The van der Waals surface area contributed by atoms with Crippen LogP contribution in [0.15, 0.2) is 176 Å². The summed E-state index contributed by atoms with van der Waals surface area (Å²) < 4.78 is 394. The van der Waals surface area contributed by atoms with Gasteiger partial charge in [0.1, 0.15) is 0 Å². The van der Waals surface area contributed by atoms with Crippen LogP contribution in [0.1, 0.15) is 61.2 Å². The highest BCUT2D eigenvalue weighted by Gasteiger charge is 2.42. The van der Waals surface area contributed by atoms with Gasteiger partial charge in [-0.1, -0.05) is 24.3 Å². The van der Waals surface area contributed by atoms with Crippen molar-refractivity contribution in [1.29, 1.82) is 10.5 Å². The summed E-state index contributed by atoms with van der Waals surface area (Å²) in [6.07, 6.45) is -49.1. The van der Waals surface area contributed by atoms with Crippen molar-refractivity contribution < 1.29 is 119 Å². The smallest absolute Gasteiger partial charge is 0.308 e. The van der Waals surface area contributed by atoms with Crippen molar-refractivity contribution in [3.8, 4) is 79.1 Å². The predicted molar refractivity (Wildman–Crippen MR) is 317 cm³/mol. The SMILES string of the molecule is N#Cc1cc(-n2c3ccc(-c4cc(C(F)(F)F)cc(C(F)(F)F)c4)cc3c3cc(-c4cc(C(F)(F)F)cc(C(F)(F)F)c4)ccc32)c(-c2cc(C(F)(F)F)ccc2C#N)c(-n2c3ccc(-c4cc(C(F)(F)F)cc(C(F)(F)F)c4)cc3c3cc(-c4cc(C(F)(F)F)cc(C(F)(F)F)c4)ccc32)c1. The molecule has 2 heterocycles. The summed E-state index contributed by atoms with van der Waals surface area (Å²) in [5.74, 6) is 0. The molecule has 0 aliphatic rings. The second-order valence-corrected chi connectivity index (χ2v) is 23.1. The Kier molecular flexibility index (Phi) is 16.5. The first kappa shape index (κ1) is 70.7. The third kappa shape index (κ3) is 13.2. The highest BCUT2D eigenvalue weighted by atomic mass is 19.4. The van der Waals surface area contributed by atoms with Gasteiger partial charge < -0.3 is 9.13 Å². The first-order chi connectivity index (χ1) is 47.1. The molecule has 12 rings (SSSR count). The van der Waals surface area contributed by atoms with Gasteiger partial charge in [-0.2, -0.15) is 129 Å². The Bertz CT molecular complexity index is 4840. The van der Waals surface area contributed by atoms with Crippen LogP contribution in [-0.2, 0) is 55.6 Å². The van der Waals surface area contributed by atoms with Crippen molar-refractivity contribution in [2.75, 3.05) is 0 Å². The van der Waals surface area contributed by atoms with Crippen LogP contribution in [0.3, 0.4) is 0 Å². The van der Waals surface area contributed by atoms with E-state index in [1.165, 1.54) is 0 Å². The number of benzene rings is 10. The van der Waals surface area contributed by atoms with E-state index >= 15 is 13.2 Å². The third-order valence-corrected chi connectivity index (χ3v) is 16.7. The summed E-state index contributed by atoms with van der Waals surface area (Å²) in [6, 6.07) is 19.6. The molecule has 2 aromatic heterocycles. The summed E-state index contributed by atoms with van der Waals surface area (Å²) >= 11 is 0. The fraction of sp³-hybridized carbons (Fsp3) is 0.127. The Labute approximate surface area is 552 Å². The van der Waals surface area contributed by atoms with Crippen LogP contribution < -0.4 is 0 Å². The Hall–Kier alpha value is -11.1. The van der Waals surface area contributed by atoms with Gasteiger partial charge in [0.2, 0.25) is 0 Å². The van der Waals surface area contributed by atoms with E-state index in [0.717, 1.165) is 94.1 Å². The average Bonchev–Trinajstić information content (AvgIpc) is 1.53. The van der Waals surface area contributed by atoms with Crippen LogP contribution in [0.4, 0.5) is 119 Å². The molecule has 0 bridgehead atoms. The van der Waals surface area contributed by atoms with E-state index in [4.69, 9.17) is 0 Å². The van der Waals surface area contributed by atoms with Gasteiger partial charge in [-0.15, -0.1) is 0 Å². The number of hydrogen-bond donors (Lipinski definition) is 0. The second-order valence-electron chi connectivity index (χ2n) is 23.1. The highest BCUT2D eigenvalue weighted by molar-refractivity contribution is 6.15. The number of fused-ring (bicyclic) bond motifs is 6. The molecule has 0 saturated carbocycles. The van der Waals surface area contributed by atoms with Crippen molar-refractivity contribution in [2.45, 2.75) is 55.6 Å². The zero-order valence-corrected chi connectivity index (χ0v) is 49.7. The van der Waals surface area contributed by atoms with Crippen LogP contribution in [0.5, 0.6) is 0 Å². The molecule has 0 unspecified atom stereocenters. The molecule has 0 spiro atoms. The summed E-state index contributed by atoms with van der Waals surface area (Å²) in [7, 11) is 0. The Morgan fingerprint density at radius 1 is 0.225 bits per heavy atom. The van der Waals surface area contributed by atoms with Gasteiger partial charge in [0, 0.05) is 32.7 Å². The van der Waals surface area contributed by atoms with Crippen LogP contribution in [0, 0.1) is 22.7 Å². The van der Waals surface area contributed by atoms with Gasteiger partial charge in [-0.3, -0.25) is 0 Å². The lowest BCUT2D eigenvalue weighted by molar-refractivity contribution is -0.144. The average molecular weight is 1450 g/mol. The molecule has 0 radical (unpaired) electrons. The quantitative estimate of drug-likeness (QED) is 0.149. The maximum atomic E-state index is 15.2. The zero-order valence-electron chi connectivity index (χ0n) is 49.7. The number of hydrogen-bond acceptors (Lipinski definition) is 2. The Morgan fingerprint density at radius 2 is 0.461 bits per heavy atom. The first-order valence-electron chi connectivity index (χ1n) is 28.7. The lowest BCUT2D eigenvalue weighted by Gasteiger charge is -2.22. The summed E-state index contributed by atoms with van der Waals surface area (Å²) in [5.41, 5.74) is -26.9. The molecule has 0 saturated heterocycles. The molecule has 0 aliphatic heterocycles. The van der Waals surface area contributed by atoms with E-state index in [9.17, 15) is 116 Å². The monoisotopic (exact) mass is 1450 g/mol. The van der Waals surface area contributed by atoms with Crippen molar-refractivity contribution in [3.63, 3.8) is 0 Å². The number of nitrogens with zero attached hydrogens (tertiary/aromatic N) is 4. The maximum absolute atomic E-state index is 15.2. The molecular formula is C71H29F27N4. The molecule has 0 aliphatic carbocycles. The minimum Gasteiger partial charge on any atom is -0.308 e. The van der Waals surface area contributed by atoms with Crippen LogP contribution in [-0.4, -0.2) is 9.13 Å². The van der Waals surface area contributed by atoms with E-state index in [1.54, 1.807) is 6.07 Å². The number of alkyl halides is 27. The molecule has 31 heteroatoms. The van der Waals surface area contributed by atoms with Crippen molar-refractivity contribution in [1.82, 2.24) is 9.13 Å². The lowest BCUT2D eigenvalue weighted by Crippen LogP contribution is -2.11.